The van der Waals surface area contributed by atoms with Crippen molar-refractivity contribution >= 4 is 39.2 Å². The molecule has 2 aromatic rings. The minimum absolute atomic E-state index is 0.0230. The molecule has 94 valence electrons. The number of aromatic nitrogens is 1. The summed E-state index contributed by atoms with van der Waals surface area (Å²) in [6, 6.07) is 10.1. The molecule has 0 bridgehead atoms. The summed E-state index contributed by atoms with van der Waals surface area (Å²) < 4.78 is 14.6. The minimum atomic E-state index is -0.547. The van der Waals surface area contributed by atoms with E-state index in [4.69, 9.17) is 16.9 Å². The molecule has 0 radical (unpaired) electrons. The molecular formula is C14H7BrClFN2. The maximum atomic E-state index is 13.8. The molecule has 0 aliphatic carbocycles. The van der Waals surface area contributed by atoms with E-state index >= 15 is 0 Å². The molecule has 0 aliphatic rings. The van der Waals surface area contributed by atoms with Crippen molar-refractivity contribution in [1.82, 2.24) is 4.98 Å². The first-order valence-electron chi connectivity index (χ1n) is 5.29. The number of hydrogen-bond donors (Lipinski definition) is 0. The van der Waals surface area contributed by atoms with Crippen molar-refractivity contribution in [2.45, 2.75) is 0 Å². The van der Waals surface area contributed by atoms with Crippen LogP contribution in [-0.2, 0) is 0 Å². The Morgan fingerprint density at radius 2 is 2.16 bits per heavy atom. The zero-order valence-electron chi connectivity index (χ0n) is 9.57. The fourth-order valence-corrected chi connectivity index (χ4v) is 1.90. The Labute approximate surface area is 123 Å². The maximum absolute atomic E-state index is 13.8. The molecule has 0 unspecified atom stereocenters. The van der Waals surface area contributed by atoms with Crippen LogP contribution in [0.25, 0.3) is 11.6 Å². The van der Waals surface area contributed by atoms with Crippen molar-refractivity contribution in [2.24, 2.45) is 0 Å². The van der Waals surface area contributed by atoms with E-state index in [-0.39, 0.29) is 16.2 Å². The average Bonchev–Trinajstić information content (AvgIpc) is 2.42. The number of hydrogen-bond acceptors (Lipinski definition) is 2. The molecule has 0 fully saturated rings. The first kappa shape index (κ1) is 13.7. The van der Waals surface area contributed by atoms with Gasteiger partial charge in [0.25, 0.3) is 0 Å². The molecule has 19 heavy (non-hydrogen) atoms. The molecule has 0 amide bonds. The summed E-state index contributed by atoms with van der Waals surface area (Å²) in [4.78, 5) is 4.10. The molecule has 1 aromatic carbocycles. The van der Waals surface area contributed by atoms with E-state index in [9.17, 15) is 4.39 Å². The number of allylic oxidation sites excluding steroid dienone is 1. The molecule has 5 heteroatoms. The van der Waals surface area contributed by atoms with Crippen LogP contribution in [0.4, 0.5) is 4.39 Å². The third-order valence-corrected chi connectivity index (χ3v) is 3.17. The first-order chi connectivity index (χ1) is 9.11. The summed E-state index contributed by atoms with van der Waals surface area (Å²) >= 11 is 8.96. The SMILES string of the molecule is N#CC(=Cc1cccc(Cl)c1F)c1ccc(Br)cn1. The van der Waals surface area contributed by atoms with Crippen LogP contribution in [0, 0.1) is 17.1 Å². The van der Waals surface area contributed by atoms with Crippen LogP contribution in [0.3, 0.4) is 0 Å². The summed E-state index contributed by atoms with van der Waals surface area (Å²) in [7, 11) is 0. The lowest BCUT2D eigenvalue weighted by molar-refractivity contribution is 0.625. The Balaban J connectivity index is 2.48. The molecule has 1 heterocycles. The van der Waals surface area contributed by atoms with Crippen molar-refractivity contribution in [3.05, 3.63) is 63.1 Å². The first-order valence-corrected chi connectivity index (χ1v) is 6.46. The van der Waals surface area contributed by atoms with Crippen molar-refractivity contribution in [3.8, 4) is 6.07 Å². The number of pyridine rings is 1. The highest BCUT2D eigenvalue weighted by molar-refractivity contribution is 9.10. The van der Waals surface area contributed by atoms with Gasteiger partial charge >= 0.3 is 0 Å². The number of halogens is 3. The van der Waals surface area contributed by atoms with E-state index in [1.807, 2.05) is 6.07 Å². The Bertz CT molecular complexity index is 675. The predicted molar refractivity (Wildman–Crippen MR) is 76.8 cm³/mol. The zero-order valence-corrected chi connectivity index (χ0v) is 11.9. The summed E-state index contributed by atoms with van der Waals surface area (Å²) in [5.41, 5.74) is 1.01. The van der Waals surface area contributed by atoms with E-state index in [1.165, 1.54) is 12.1 Å². The highest BCUT2D eigenvalue weighted by Crippen LogP contribution is 2.23. The van der Waals surface area contributed by atoms with Gasteiger partial charge in [-0.3, -0.25) is 4.98 Å². The molecule has 1 aromatic heterocycles. The topological polar surface area (TPSA) is 36.7 Å². The largest absolute Gasteiger partial charge is 0.254 e. The van der Waals surface area contributed by atoms with E-state index in [0.717, 1.165) is 4.47 Å². The lowest BCUT2D eigenvalue weighted by Gasteiger charge is -2.01. The van der Waals surface area contributed by atoms with Crippen LogP contribution in [-0.4, -0.2) is 4.98 Å². The Morgan fingerprint density at radius 1 is 1.37 bits per heavy atom. The third-order valence-electron chi connectivity index (χ3n) is 2.41. The van der Waals surface area contributed by atoms with Gasteiger partial charge in [0.1, 0.15) is 11.9 Å². The van der Waals surface area contributed by atoms with Gasteiger partial charge in [-0.2, -0.15) is 5.26 Å². The van der Waals surface area contributed by atoms with Gasteiger partial charge in [0.15, 0.2) is 0 Å². The smallest absolute Gasteiger partial charge is 0.149 e. The normalized spacial score (nSPS) is 11.2. The van der Waals surface area contributed by atoms with E-state index < -0.39 is 5.82 Å². The van der Waals surface area contributed by atoms with Gasteiger partial charge in [-0.1, -0.05) is 23.7 Å². The third kappa shape index (κ3) is 3.19. The van der Waals surface area contributed by atoms with E-state index in [2.05, 4.69) is 20.9 Å². The average molecular weight is 338 g/mol. The molecule has 0 aliphatic heterocycles. The van der Waals surface area contributed by atoms with Crippen LogP contribution >= 0.6 is 27.5 Å². The quantitative estimate of drug-likeness (QED) is 0.745. The number of benzene rings is 1. The van der Waals surface area contributed by atoms with Gasteiger partial charge < -0.3 is 0 Å². The van der Waals surface area contributed by atoms with Gasteiger partial charge in [-0.05, 0) is 40.2 Å². The number of rotatable bonds is 2. The van der Waals surface area contributed by atoms with Crippen LogP contribution < -0.4 is 0 Å². The Kier molecular flexibility index (Phi) is 4.31. The molecule has 0 N–H and O–H groups in total. The summed E-state index contributed by atoms with van der Waals surface area (Å²) in [5, 5.41) is 9.17. The molecule has 2 nitrogen and oxygen atoms in total. The standard InChI is InChI=1S/C14H7BrClFN2/c15-11-4-5-13(19-8-11)10(7-18)6-9-2-1-3-12(16)14(9)17/h1-6,8H. The lowest BCUT2D eigenvalue weighted by Crippen LogP contribution is -1.89. The second kappa shape index (κ2) is 5.96. The highest BCUT2D eigenvalue weighted by atomic mass is 79.9. The van der Waals surface area contributed by atoms with Crippen LogP contribution in [0.1, 0.15) is 11.3 Å². The lowest BCUT2D eigenvalue weighted by atomic mass is 10.1. The van der Waals surface area contributed by atoms with Crippen LogP contribution in [0.2, 0.25) is 5.02 Å². The second-order valence-electron chi connectivity index (χ2n) is 3.67. The van der Waals surface area contributed by atoms with Gasteiger partial charge in [0.05, 0.1) is 16.3 Å². The predicted octanol–water partition coefficient (Wildman–Crippen LogP) is 4.70. The van der Waals surface area contributed by atoms with Crippen LogP contribution in [0.5, 0.6) is 0 Å². The number of nitrogens with zero attached hydrogens (tertiary/aromatic N) is 2. The van der Waals surface area contributed by atoms with Gasteiger partial charge in [0.2, 0.25) is 0 Å². The molecular weight excluding hydrogens is 331 g/mol. The van der Waals surface area contributed by atoms with Crippen molar-refractivity contribution in [3.63, 3.8) is 0 Å². The van der Waals surface area contributed by atoms with E-state index in [1.54, 1.807) is 30.5 Å². The second-order valence-corrected chi connectivity index (χ2v) is 5.00. The molecule has 0 spiro atoms. The van der Waals surface area contributed by atoms with Crippen molar-refractivity contribution < 1.29 is 4.39 Å². The fraction of sp³-hybridized carbons (Fsp3) is 0. The summed E-state index contributed by atoms with van der Waals surface area (Å²) in [5.74, 6) is -0.547. The van der Waals surface area contributed by atoms with Gasteiger partial charge in [-0.15, -0.1) is 0 Å². The Morgan fingerprint density at radius 3 is 2.79 bits per heavy atom. The minimum Gasteiger partial charge on any atom is -0.254 e. The van der Waals surface area contributed by atoms with Crippen molar-refractivity contribution in [2.75, 3.05) is 0 Å². The van der Waals surface area contributed by atoms with E-state index in [0.29, 0.717) is 5.69 Å². The maximum Gasteiger partial charge on any atom is 0.149 e. The molecule has 0 saturated carbocycles. The molecule has 0 atom stereocenters. The van der Waals surface area contributed by atoms with Crippen molar-refractivity contribution in [1.29, 1.82) is 5.26 Å². The monoisotopic (exact) mass is 336 g/mol. The summed E-state index contributed by atoms with van der Waals surface area (Å²) in [6.45, 7) is 0. The number of nitriles is 1. The van der Waals surface area contributed by atoms with Gasteiger partial charge in [-0.25, -0.2) is 4.39 Å². The Hall–Kier alpha value is -1.70. The molecule has 2 rings (SSSR count). The summed E-state index contributed by atoms with van der Waals surface area (Å²) in [6.07, 6.45) is 3.01. The zero-order chi connectivity index (χ0) is 13.8. The highest BCUT2D eigenvalue weighted by Gasteiger charge is 2.07. The molecule has 0 saturated heterocycles. The van der Waals surface area contributed by atoms with Gasteiger partial charge in [0, 0.05) is 16.2 Å². The van der Waals surface area contributed by atoms with Crippen LogP contribution in [0.15, 0.2) is 41.0 Å². The fourth-order valence-electron chi connectivity index (χ4n) is 1.49.